The third kappa shape index (κ3) is 5.76. The van der Waals surface area contributed by atoms with Crippen molar-refractivity contribution in [3.8, 4) is 17.1 Å². The number of carbonyl (C=O) groups is 1. The number of hydrogen-bond donors (Lipinski definition) is 1. The highest BCUT2D eigenvalue weighted by Crippen LogP contribution is 2.33. The number of halogens is 2. The van der Waals surface area contributed by atoms with E-state index in [-0.39, 0.29) is 11.7 Å². The number of benzene rings is 4. The molecule has 2 heterocycles. The lowest BCUT2D eigenvalue weighted by molar-refractivity contribution is -0.113. The Hall–Kier alpha value is -3.69. The standard InChI is InChI=1S/C30H21Cl2N5OS2/c31-21-13-14-26(32)20(15-21)16-23-17-33-29(40-23)34-27(38)18-39-30-36-35-28(37(30)22-9-2-1-3-10-22)25-12-6-8-19-7-4-5-11-24(19)25/h1-15,17H,16,18H2,(H,33,34,38). The number of thioether (sulfide) groups is 1. The highest BCUT2D eigenvalue weighted by Gasteiger charge is 2.19. The molecule has 40 heavy (non-hydrogen) atoms. The van der Waals surface area contributed by atoms with Gasteiger partial charge in [-0.3, -0.25) is 9.36 Å². The zero-order valence-corrected chi connectivity index (χ0v) is 24.1. The molecule has 0 aliphatic rings. The van der Waals surface area contributed by atoms with Gasteiger partial charge in [0.15, 0.2) is 16.1 Å². The third-order valence-corrected chi connectivity index (χ3v) is 8.63. The van der Waals surface area contributed by atoms with E-state index in [0.29, 0.717) is 26.8 Å². The first kappa shape index (κ1) is 26.5. The second-order valence-electron chi connectivity index (χ2n) is 8.88. The summed E-state index contributed by atoms with van der Waals surface area (Å²) in [5.41, 5.74) is 2.80. The van der Waals surface area contributed by atoms with E-state index >= 15 is 0 Å². The fraction of sp³-hybridized carbons (Fsp3) is 0.0667. The second-order valence-corrected chi connectivity index (χ2v) is 11.8. The van der Waals surface area contributed by atoms with E-state index in [2.05, 4.69) is 38.7 Å². The highest BCUT2D eigenvalue weighted by molar-refractivity contribution is 7.99. The summed E-state index contributed by atoms with van der Waals surface area (Å²) in [6.45, 7) is 0. The van der Waals surface area contributed by atoms with Gasteiger partial charge in [-0.2, -0.15) is 0 Å². The molecule has 0 spiro atoms. The highest BCUT2D eigenvalue weighted by atomic mass is 35.5. The van der Waals surface area contributed by atoms with Gasteiger partial charge in [0.05, 0.1) is 5.75 Å². The van der Waals surface area contributed by atoms with Crippen LogP contribution in [0.25, 0.3) is 27.8 Å². The maximum Gasteiger partial charge on any atom is 0.236 e. The number of anilines is 1. The van der Waals surface area contributed by atoms with Gasteiger partial charge >= 0.3 is 0 Å². The maximum absolute atomic E-state index is 12.9. The number of fused-ring (bicyclic) bond motifs is 1. The van der Waals surface area contributed by atoms with E-state index in [4.69, 9.17) is 23.2 Å². The first-order chi connectivity index (χ1) is 19.5. The van der Waals surface area contributed by atoms with E-state index in [1.807, 2.05) is 65.2 Å². The molecule has 10 heteroatoms. The Kier molecular flexibility index (Phi) is 7.84. The van der Waals surface area contributed by atoms with Crippen molar-refractivity contribution >= 4 is 68.1 Å². The first-order valence-corrected chi connectivity index (χ1v) is 14.9. The lowest BCUT2D eigenvalue weighted by atomic mass is 10.0. The maximum atomic E-state index is 12.9. The predicted molar refractivity (Wildman–Crippen MR) is 165 cm³/mol. The Balaban J connectivity index is 1.21. The molecule has 0 radical (unpaired) electrons. The van der Waals surface area contributed by atoms with E-state index in [1.54, 1.807) is 18.3 Å². The van der Waals surface area contributed by atoms with Crippen LogP contribution in [0, 0.1) is 0 Å². The molecule has 0 bridgehead atoms. The molecule has 6 aromatic rings. The second kappa shape index (κ2) is 11.8. The Morgan fingerprint density at radius 1 is 0.925 bits per heavy atom. The lowest BCUT2D eigenvalue weighted by Crippen LogP contribution is -2.14. The average molecular weight is 603 g/mol. The van der Waals surface area contributed by atoms with Gasteiger partial charge in [0.1, 0.15) is 0 Å². The van der Waals surface area contributed by atoms with Crippen LogP contribution < -0.4 is 5.32 Å². The molecule has 0 unspecified atom stereocenters. The number of thiazole rings is 1. The molecule has 0 atom stereocenters. The molecule has 0 fully saturated rings. The molecule has 4 aromatic carbocycles. The van der Waals surface area contributed by atoms with E-state index in [1.165, 1.54) is 23.1 Å². The molecule has 0 saturated carbocycles. The van der Waals surface area contributed by atoms with Crippen molar-refractivity contribution in [1.82, 2.24) is 19.7 Å². The van der Waals surface area contributed by atoms with Crippen molar-refractivity contribution < 1.29 is 4.79 Å². The van der Waals surface area contributed by atoms with Gasteiger partial charge in [-0.1, -0.05) is 95.6 Å². The first-order valence-electron chi connectivity index (χ1n) is 12.4. The summed E-state index contributed by atoms with van der Waals surface area (Å²) in [6.07, 6.45) is 2.33. The van der Waals surface area contributed by atoms with Crippen LogP contribution in [-0.4, -0.2) is 31.4 Å². The van der Waals surface area contributed by atoms with E-state index < -0.39 is 0 Å². The summed E-state index contributed by atoms with van der Waals surface area (Å²) in [4.78, 5) is 18.2. The van der Waals surface area contributed by atoms with Crippen LogP contribution in [0.3, 0.4) is 0 Å². The molecule has 0 aliphatic carbocycles. The van der Waals surface area contributed by atoms with Crippen LogP contribution in [0.5, 0.6) is 0 Å². The molecule has 6 rings (SSSR count). The molecular weight excluding hydrogens is 581 g/mol. The zero-order valence-electron chi connectivity index (χ0n) is 20.9. The quantitative estimate of drug-likeness (QED) is 0.178. The zero-order chi connectivity index (χ0) is 27.5. The van der Waals surface area contributed by atoms with Crippen LogP contribution in [0.2, 0.25) is 10.0 Å². The van der Waals surface area contributed by atoms with Gasteiger partial charge in [0.25, 0.3) is 0 Å². The van der Waals surface area contributed by atoms with Gasteiger partial charge in [0, 0.05) is 38.8 Å². The minimum atomic E-state index is -0.180. The van der Waals surface area contributed by atoms with Crippen molar-refractivity contribution in [2.75, 3.05) is 11.1 Å². The van der Waals surface area contributed by atoms with Crippen LogP contribution >= 0.6 is 46.3 Å². The van der Waals surface area contributed by atoms with Crippen LogP contribution in [-0.2, 0) is 11.2 Å². The number of aromatic nitrogens is 4. The summed E-state index contributed by atoms with van der Waals surface area (Å²) in [7, 11) is 0. The molecule has 6 nitrogen and oxygen atoms in total. The predicted octanol–water partition coefficient (Wildman–Crippen LogP) is 8.17. The fourth-order valence-corrected chi connectivity index (χ4v) is 6.35. The van der Waals surface area contributed by atoms with Gasteiger partial charge in [-0.15, -0.1) is 21.5 Å². The number of hydrogen-bond acceptors (Lipinski definition) is 6. The van der Waals surface area contributed by atoms with Crippen LogP contribution in [0.15, 0.2) is 102 Å². The molecular formula is C30H21Cl2N5OS2. The van der Waals surface area contributed by atoms with Crippen molar-refractivity contribution in [2.24, 2.45) is 0 Å². The minimum Gasteiger partial charge on any atom is -0.301 e. The summed E-state index contributed by atoms with van der Waals surface area (Å²) in [6, 6.07) is 29.6. The molecule has 2 aromatic heterocycles. The lowest BCUT2D eigenvalue weighted by Gasteiger charge is -2.12. The molecule has 0 aliphatic heterocycles. The SMILES string of the molecule is O=C(CSc1nnc(-c2cccc3ccccc23)n1-c1ccccc1)Nc1ncc(Cc2cc(Cl)ccc2Cl)s1. The van der Waals surface area contributed by atoms with Gasteiger partial charge in [-0.05, 0) is 46.7 Å². The summed E-state index contributed by atoms with van der Waals surface area (Å²) >= 11 is 15.1. The monoisotopic (exact) mass is 601 g/mol. The van der Waals surface area contributed by atoms with E-state index in [0.717, 1.165) is 38.3 Å². The van der Waals surface area contributed by atoms with Gasteiger partial charge in [-0.25, -0.2) is 4.98 Å². The van der Waals surface area contributed by atoms with Crippen LogP contribution in [0.4, 0.5) is 5.13 Å². The summed E-state index contributed by atoms with van der Waals surface area (Å²) in [5.74, 6) is 0.686. The third-order valence-electron chi connectivity index (χ3n) is 6.18. The Morgan fingerprint density at radius 2 is 1.73 bits per heavy atom. The Labute approximate surface area is 249 Å². The smallest absolute Gasteiger partial charge is 0.236 e. The van der Waals surface area contributed by atoms with Crippen LogP contribution in [0.1, 0.15) is 10.4 Å². The van der Waals surface area contributed by atoms with E-state index in [9.17, 15) is 4.79 Å². The van der Waals surface area contributed by atoms with Crippen molar-refractivity contribution in [3.63, 3.8) is 0 Å². The van der Waals surface area contributed by atoms with Crippen molar-refractivity contribution in [2.45, 2.75) is 11.6 Å². The van der Waals surface area contributed by atoms with Gasteiger partial charge < -0.3 is 5.32 Å². The van der Waals surface area contributed by atoms with Gasteiger partial charge in [0.2, 0.25) is 5.91 Å². The largest absolute Gasteiger partial charge is 0.301 e. The molecule has 1 amide bonds. The Morgan fingerprint density at radius 3 is 2.60 bits per heavy atom. The van der Waals surface area contributed by atoms with Crippen molar-refractivity contribution in [1.29, 1.82) is 0 Å². The molecule has 0 saturated heterocycles. The number of amides is 1. The average Bonchev–Trinajstić information content (AvgIpc) is 3.60. The number of nitrogens with one attached hydrogen (secondary N) is 1. The number of nitrogens with zero attached hydrogens (tertiary/aromatic N) is 4. The topological polar surface area (TPSA) is 72.7 Å². The normalized spacial score (nSPS) is 11.2. The fourth-order valence-electron chi connectivity index (χ4n) is 4.37. The number of para-hydroxylation sites is 1. The summed E-state index contributed by atoms with van der Waals surface area (Å²) in [5, 5.41) is 16.6. The Bertz CT molecular complexity index is 1810. The van der Waals surface area contributed by atoms with Crippen molar-refractivity contribution in [3.05, 3.63) is 118 Å². The number of carbonyl (C=O) groups excluding carboxylic acids is 1. The molecule has 198 valence electrons. The summed E-state index contributed by atoms with van der Waals surface area (Å²) < 4.78 is 2.00. The minimum absolute atomic E-state index is 0.148. The number of rotatable bonds is 8. The molecule has 1 N–H and O–H groups in total.